The van der Waals surface area contributed by atoms with Crippen LogP contribution in [0.15, 0.2) is 46.3 Å². The molecule has 0 amide bonds. The highest BCUT2D eigenvalue weighted by Gasteiger charge is 2.35. The van der Waals surface area contributed by atoms with Crippen LogP contribution >= 0.6 is 9.24 Å². The number of rotatable bonds is 6. The Balaban J connectivity index is 1.73. The minimum Gasteiger partial charge on any atom is -0.379 e. The van der Waals surface area contributed by atoms with Crippen LogP contribution in [0.4, 0.5) is 15.9 Å². The molecule has 1 aliphatic rings. The van der Waals surface area contributed by atoms with Crippen molar-refractivity contribution in [3.63, 3.8) is 0 Å². The number of pyridine rings is 2. The first kappa shape index (κ1) is 21.6. The monoisotopic (exact) mass is 440 g/mol. The zero-order chi connectivity index (χ0) is 22.2. The number of hydrogen-bond donors (Lipinski definition) is 1. The number of halogens is 1. The van der Waals surface area contributed by atoms with E-state index in [9.17, 15) is 4.79 Å². The van der Waals surface area contributed by atoms with Gasteiger partial charge in [0.25, 0.3) is 5.56 Å². The van der Waals surface area contributed by atoms with Gasteiger partial charge in [-0.15, -0.1) is 9.24 Å². The third-order valence-corrected chi connectivity index (χ3v) is 6.40. The third kappa shape index (κ3) is 3.88. The lowest BCUT2D eigenvalue weighted by Crippen LogP contribution is -2.40. The van der Waals surface area contributed by atoms with E-state index >= 15 is 4.39 Å². The lowest BCUT2D eigenvalue weighted by molar-refractivity contribution is -0.0116. The zero-order valence-corrected chi connectivity index (χ0v) is 19.1. The van der Waals surface area contributed by atoms with Crippen molar-refractivity contribution in [3.05, 3.63) is 63.8 Å². The van der Waals surface area contributed by atoms with Gasteiger partial charge < -0.3 is 14.6 Å². The highest BCUT2D eigenvalue weighted by Crippen LogP contribution is 2.38. The number of benzene rings is 1. The fourth-order valence-electron chi connectivity index (χ4n) is 3.81. The van der Waals surface area contributed by atoms with Crippen molar-refractivity contribution in [1.82, 2.24) is 9.55 Å². The first-order chi connectivity index (χ1) is 14.9. The maximum absolute atomic E-state index is 15.4. The van der Waals surface area contributed by atoms with Gasteiger partial charge in [0.15, 0.2) is 0 Å². The molecule has 4 rings (SSSR count). The standard InChI is InChI=1S/C23H26FN4O2P/c1-4-5-17(25-2)15-7-8-19-16(21(15)24)10-18(22(29)28(19)3)27-20-9-6-14(11-26-20)23(31)12-30-13-23/h6-11H,4-5,12-13,31H2,1-3H3,(H,26,27)/b25-17+. The minimum atomic E-state index is -0.372. The van der Waals surface area contributed by atoms with Gasteiger partial charge in [-0.1, -0.05) is 19.4 Å². The van der Waals surface area contributed by atoms with E-state index in [2.05, 4.69) is 24.5 Å². The Morgan fingerprint density at radius 1 is 1.35 bits per heavy atom. The molecule has 0 aliphatic carbocycles. The second kappa shape index (κ2) is 8.48. The number of nitrogens with zero attached hydrogens (tertiary/aromatic N) is 3. The summed E-state index contributed by atoms with van der Waals surface area (Å²) in [4.78, 5) is 21.6. The van der Waals surface area contributed by atoms with Gasteiger partial charge in [0.05, 0.1) is 23.9 Å². The molecule has 0 bridgehead atoms. The summed E-state index contributed by atoms with van der Waals surface area (Å²) in [6.07, 6.45) is 3.33. The molecule has 0 spiro atoms. The zero-order valence-electron chi connectivity index (χ0n) is 17.9. The van der Waals surface area contributed by atoms with Crippen LogP contribution < -0.4 is 10.9 Å². The number of aryl methyl sites for hydroxylation is 1. The molecule has 8 heteroatoms. The summed E-state index contributed by atoms with van der Waals surface area (Å²) < 4.78 is 22.2. The first-order valence-corrected chi connectivity index (χ1v) is 10.8. The summed E-state index contributed by atoms with van der Waals surface area (Å²) in [5.74, 6) is 0.149. The van der Waals surface area contributed by atoms with Gasteiger partial charge in [0.1, 0.15) is 17.3 Å². The Labute approximate surface area is 182 Å². The predicted octanol–water partition coefficient (Wildman–Crippen LogP) is 4.14. The summed E-state index contributed by atoms with van der Waals surface area (Å²) in [7, 11) is 6.13. The van der Waals surface area contributed by atoms with Gasteiger partial charge in [0, 0.05) is 37.0 Å². The van der Waals surface area contributed by atoms with Crippen molar-refractivity contribution in [2.45, 2.75) is 24.9 Å². The van der Waals surface area contributed by atoms with E-state index in [0.717, 1.165) is 12.0 Å². The molecule has 1 unspecified atom stereocenters. The SMILES string of the molecule is CCC/C(=N\C)c1ccc2c(cc(Nc3ccc(C4(P)COC4)cn3)c(=O)n2C)c1F. The first-order valence-electron chi connectivity index (χ1n) is 10.3. The lowest BCUT2D eigenvalue weighted by atomic mass is 9.98. The number of fused-ring (bicyclic) bond motifs is 1. The molecule has 31 heavy (non-hydrogen) atoms. The summed E-state index contributed by atoms with van der Waals surface area (Å²) in [6, 6.07) is 8.81. The fraction of sp³-hybridized carbons (Fsp3) is 0.348. The molecule has 3 heterocycles. The van der Waals surface area contributed by atoms with Crippen LogP contribution in [0.2, 0.25) is 0 Å². The number of anilines is 2. The largest absolute Gasteiger partial charge is 0.379 e. The molecule has 0 radical (unpaired) electrons. The van der Waals surface area contributed by atoms with Crippen molar-refractivity contribution < 1.29 is 9.13 Å². The Bertz CT molecular complexity index is 1220. The van der Waals surface area contributed by atoms with Crippen molar-refractivity contribution in [2.75, 3.05) is 25.6 Å². The second-order valence-electron chi connectivity index (χ2n) is 7.91. The van der Waals surface area contributed by atoms with E-state index in [1.807, 2.05) is 19.1 Å². The molecule has 162 valence electrons. The molecule has 3 aromatic rings. The lowest BCUT2D eigenvalue weighted by Gasteiger charge is -2.37. The second-order valence-corrected chi connectivity index (χ2v) is 9.01. The molecule has 0 saturated carbocycles. The molecule has 6 nitrogen and oxygen atoms in total. The van der Waals surface area contributed by atoms with E-state index in [0.29, 0.717) is 47.6 Å². The van der Waals surface area contributed by atoms with Crippen LogP contribution in [0.1, 0.15) is 30.9 Å². The Kier molecular flexibility index (Phi) is 5.91. The van der Waals surface area contributed by atoms with Crippen LogP contribution in [-0.2, 0) is 16.9 Å². The third-order valence-electron chi connectivity index (χ3n) is 5.73. The van der Waals surface area contributed by atoms with Crippen LogP contribution in [0.25, 0.3) is 10.9 Å². The molecule has 1 saturated heterocycles. The van der Waals surface area contributed by atoms with Gasteiger partial charge in [-0.2, -0.15) is 0 Å². The Hall–Kier alpha value is -2.63. The van der Waals surface area contributed by atoms with Crippen LogP contribution in [0, 0.1) is 5.82 Å². The summed E-state index contributed by atoms with van der Waals surface area (Å²) in [5.41, 5.74) is 2.79. The maximum atomic E-state index is 15.4. The van der Waals surface area contributed by atoms with E-state index in [-0.39, 0.29) is 22.2 Å². The maximum Gasteiger partial charge on any atom is 0.274 e. The molecular formula is C23H26FN4O2P. The highest BCUT2D eigenvalue weighted by atomic mass is 31.0. The van der Waals surface area contributed by atoms with E-state index < -0.39 is 0 Å². The fourth-order valence-corrected chi connectivity index (χ4v) is 4.22. The average molecular weight is 440 g/mol. The number of ether oxygens (including phenoxy) is 1. The number of aromatic nitrogens is 2. The van der Waals surface area contributed by atoms with E-state index in [1.54, 1.807) is 38.5 Å². The van der Waals surface area contributed by atoms with Crippen molar-refractivity contribution >= 4 is 37.4 Å². The van der Waals surface area contributed by atoms with Crippen LogP contribution in [0.5, 0.6) is 0 Å². The van der Waals surface area contributed by atoms with Gasteiger partial charge in [-0.3, -0.25) is 9.79 Å². The Morgan fingerprint density at radius 3 is 2.71 bits per heavy atom. The Morgan fingerprint density at radius 2 is 2.13 bits per heavy atom. The predicted molar refractivity (Wildman–Crippen MR) is 126 cm³/mol. The highest BCUT2D eigenvalue weighted by molar-refractivity contribution is 7.18. The topological polar surface area (TPSA) is 68.5 Å². The van der Waals surface area contributed by atoms with Gasteiger partial charge >= 0.3 is 0 Å². The number of aliphatic imine (C=N–C) groups is 1. The van der Waals surface area contributed by atoms with Crippen molar-refractivity contribution in [3.8, 4) is 0 Å². The quantitative estimate of drug-likeness (QED) is 0.462. The molecule has 2 aromatic heterocycles. The van der Waals surface area contributed by atoms with Gasteiger partial charge in [-0.05, 0) is 36.2 Å². The van der Waals surface area contributed by atoms with E-state index in [1.165, 1.54) is 4.57 Å². The minimum absolute atomic E-state index is 0.0961. The smallest absolute Gasteiger partial charge is 0.274 e. The molecule has 1 fully saturated rings. The molecule has 1 aromatic carbocycles. The van der Waals surface area contributed by atoms with Crippen LogP contribution in [0.3, 0.4) is 0 Å². The normalized spacial score (nSPS) is 15.7. The molecule has 1 N–H and O–H groups in total. The van der Waals surface area contributed by atoms with E-state index in [4.69, 9.17) is 4.74 Å². The molecule has 1 aliphatic heterocycles. The van der Waals surface area contributed by atoms with Crippen molar-refractivity contribution in [1.29, 1.82) is 0 Å². The van der Waals surface area contributed by atoms with Gasteiger partial charge in [-0.25, -0.2) is 9.37 Å². The van der Waals surface area contributed by atoms with Crippen LogP contribution in [-0.4, -0.2) is 35.5 Å². The van der Waals surface area contributed by atoms with Crippen molar-refractivity contribution in [2.24, 2.45) is 12.0 Å². The molecular weight excluding hydrogens is 414 g/mol. The summed E-state index contributed by atoms with van der Waals surface area (Å²) in [5, 5.41) is 3.33. The number of hydrogen-bond acceptors (Lipinski definition) is 5. The summed E-state index contributed by atoms with van der Waals surface area (Å²) in [6.45, 7) is 3.31. The van der Waals surface area contributed by atoms with Gasteiger partial charge in [0.2, 0.25) is 0 Å². The number of nitrogens with one attached hydrogen (secondary N) is 1. The molecule has 1 atom stereocenters. The average Bonchev–Trinajstić information content (AvgIpc) is 2.75. The summed E-state index contributed by atoms with van der Waals surface area (Å²) >= 11 is 0.